The third-order valence-electron chi connectivity index (χ3n) is 3.63. The SMILES string of the molecule is COc1cccc(Nc2nc(C)c(C(=O)Nc3ccc(C)cc3)s2)c1. The van der Waals surface area contributed by atoms with Crippen molar-refractivity contribution in [2.45, 2.75) is 13.8 Å². The Morgan fingerprint density at radius 2 is 1.84 bits per heavy atom. The van der Waals surface area contributed by atoms with Gasteiger partial charge in [0.25, 0.3) is 5.91 Å². The fourth-order valence-electron chi connectivity index (χ4n) is 2.31. The van der Waals surface area contributed by atoms with Crippen LogP contribution in [0.2, 0.25) is 0 Å². The Morgan fingerprint density at radius 1 is 1.08 bits per heavy atom. The summed E-state index contributed by atoms with van der Waals surface area (Å²) < 4.78 is 5.21. The Morgan fingerprint density at radius 3 is 2.56 bits per heavy atom. The molecule has 0 aliphatic rings. The van der Waals surface area contributed by atoms with Gasteiger partial charge in [0.05, 0.1) is 12.8 Å². The van der Waals surface area contributed by atoms with Crippen LogP contribution in [0.4, 0.5) is 16.5 Å². The van der Waals surface area contributed by atoms with Crippen molar-refractivity contribution < 1.29 is 9.53 Å². The number of hydrogen-bond donors (Lipinski definition) is 2. The first-order valence-electron chi connectivity index (χ1n) is 7.81. The second kappa shape index (κ2) is 7.36. The zero-order valence-corrected chi connectivity index (χ0v) is 15.1. The van der Waals surface area contributed by atoms with Gasteiger partial charge in [-0.25, -0.2) is 4.98 Å². The maximum Gasteiger partial charge on any atom is 0.267 e. The summed E-state index contributed by atoms with van der Waals surface area (Å²) in [6, 6.07) is 15.3. The van der Waals surface area contributed by atoms with Crippen LogP contribution >= 0.6 is 11.3 Å². The highest BCUT2D eigenvalue weighted by molar-refractivity contribution is 7.17. The number of thiazole rings is 1. The molecule has 0 fully saturated rings. The second-order valence-electron chi connectivity index (χ2n) is 5.61. The Labute approximate surface area is 150 Å². The van der Waals surface area contributed by atoms with Gasteiger partial charge in [-0.15, -0.1) is 0 Å². The molecule has 1 amide bonds. The summed E-state index contributed by atoms with van der Waals surface area (Å²) in [5.74, 6) is 0.605. The fourth-order valence-corrected chi connectivity index (χ4v) is 3.19. The van der Waals surface area contributed by atoms with Crippen molar-refractivity contribution in [3.63, 3.8) is 0 Å². The normalized spacial score (nSPS) is 10.4. The molecule has 2 aromatic carbocycles. The van der Waals surface area contributed by atoms with E-state index in [1.807, 2.05) is 62.4 Å². The smallest absolute Gasteiger partial charge is 0.267 e. The number of aryl methyl sites for hydroxylation is 2. The quantitative estimate of drug-likeness (QED) is 0.694. The van der Waals surface area contributed by atoms with Crippen LogP contribution in [-0.2, 0) is 0 Å². The van der Waals surface area contributed by atoms with Crippen molar-refractivity contribution in [3.05, 3.63) is 64.7 Å². The molecule has 0 saturated carbocycles. The van der Waals surface area contributed by atoms with Crippen molar-refractivity contribution >= 4 is 33.8 Å². The minimum atomic E-state index is -0.155. The van der Waals surface area contributed by atoms with Crippen LogP contribution in [0.15, 0.2) is 48.5 Å². The highest BCUT2D eigenvalue weighted by atomic mass is 32.1. The molecule has 3 aromatic rings. The first-order valence-corrected chi connectivity index (χ1v) is 8.63. The van der Waals surface area contributed by atoms with Gasteiger partial charge in [-0.05, 0) is 38.1 Å². The van der Waals surface area contributed by atoms with Gasteiger partial charge in [0.15, 0.2) is 5.13 Å². The van der Waals surface area contributed by atoms with Crippen LogP contribution in [-0.4, -0.2) is 18.0 Å². The fraction of sp³-hybridized carbons (Fsp3) is 0.158. The van der Waals surface area contributed by atoms with Gasteiger partial charge in [-0.2, -0.15) is 0 Å². The Hall–Kier alpha value is -2.86. The summed E-state index contributed by atoms with van der Waals surface area (Å²) in [6.45, 7) is 3.84. The first-order chi connectivity index (χ1) is 12.0. The molecule has 3 rings (SSSR count). The predicted molar refractivity (Wildman–Crippen MR) is 102 cm³/mol. The van der Waals surface area contributed by atoms with Crippen LogP contribution in [0.5, 0.6) is 5.75 Å². The topological polar surface area (TPSA) is 63.2 Å². The number of rotatable bonds is 5. The first kappa shape index (κ1) is 17.0. The number of amides is 1. The molecule has 25 heavy (non-hydrogen) atoms. The average Bonchev–Trinajstić information content (AvgIpc) is 2.97. The number of hydrogen-bond acceptors (Lipinski definition) is 5. The lowest BCUT2D eigenvalue weighted by atomic mass is 10.2. The molecule has 1 heterocycles. The molecule has 0 bridgehead atoms. The lowest BCUT2D eigenvalue weighted by molar-refractivity contribution is 0.103. The predicted octanol–water partition coefficient (Wildman–Crippen LogP) is 4.76. The molecule has 2 N–H and O–H groups in total. The van der Waals surface area contributed by atoms with E-state index in [2.05, 4.69) is 15.6 Å². The van der Waals surface area contributed by atoms with Crippen molar-refractivity contribution in [2.75, 3.05) is 17.7 Å². The standard InChI is InChI=1S/C19H19N3O2S/c1-12-7-9-14(10-8-12)21-18(23)17-13(2)20-19(25-17)22-15-5-4-6-16(11-15)24-3/h4-11H,1-3H3,(H,20,22)(H,21,23). The highest BCUT2D eigenvalue weighted by Crippen LogP contribution is 2.28. The van der Waals surface area contributed by atoms with E-state index < -0.39 is 0 Å². The molecule has 0 atom stereocenters. The minimum absolute atomic E-state index is 0.155. The lowest BCUT2D eigenvalue weighted by Crippen LogP contribution is -2.11. The molecule has 0 spiro atoms. The molecule has 5 nitrogen and oxygen atoms in total. The van der Waals surface area contributed by atoms with E-state index in [4.69, 9.17) is 4.74 Å². The number of anilines is 3. The maximum absolute atomic E-state index is 12.5. The zero-order valence-electron chi connectivity index (χ0n) is 14.3. The average molecular weight is 353 g/mol. The summed E-state index contributed by atoms with van der Waals surface area (Å²) in [5.41, 5.74) is 3.47. The third kappa shape index (κ3) is 4.16. The van der Waals surface area contributed by atoms with Gasteiger partial charge >= 0.3 is 0 Å². The molecule has 0 aliphatic heterocycles. The summed E-state index contributed by atoms with van der Waals surface area (Å²) in [7, 11) is 1.63. The van der Waals surface area contributed by atoms with Gasteiger partial charge in [0.2, 0.25) is 0 Å². The second-order valence-corrected chi connectivity index (χ2v) is 6.61. The monoisotopic (exact) mass is 353 g/mol. The largest absolute Gasteiger partial charge is 0.497 e. The number of aromatic nitrogens is 1. The van der Waals surface area contributed by atoms with Crippen LogP contribution in [0.1, 0.15) is 20.9 Å². The van der Waals surface area contributed by atoms with E-state index >= 15 is 0 Å². The van der Waals surface area contributed by atoms with E-state index in [-0.39, 0.29) is 5.91 Å². The number of carbonyl (C=O) groups is 1. The molecule has 0 radical (unpaired) electrons. The van der Waals surface area contributed by atoms with Crippen molar-refractivity contribution in [1.29, 1.82) is 0 Å². The van der Waals surface area contributed by atoms with Crippen molar-refractivity contribution in [3.8, 4) is 5.75 Å². The van der Waals surface area contributed by atoms with Crippen LogP contribution in [0.3, 0.4) is 0 Å². The van der Waals surface area contributed by atoms with Gasteiger partial charge in [-0.1, -0.05) is 35.1 Å². The van der Waals surface area contributed by atoms with Gasteiger partial charge in [-0.3, -0.25) is 4.79 Å². The molecule has 0 aliphatic carbocycles. The summed E-state index contributed by atoms with van der Waals surface area (Å²) in [5, 5.41) is 6.79. The minimum Gasteiger partial charge on any atom is -0.497 e. The summed E-state index contributed by atoms with van der Waals surface area (Å²) in [4.78, 5) is 17.5. The molecule has 0 saturated heterocycles. The molecule has 128 valence electrons. The Balaban J connectivity index is 1.75. The molecule has 6 heteroatoms. The van der Waals surface area contributed by atoms with E-state index in [0.717, 1.165) is 22.7 Å². The van der Waals surface area contributed by atoms with E-state index in [1.54, 1.807) is 7.11 Å². The van der Waals surface area contributed by atoms with Crippen molar-refractivity contribution in [1.82, 2.24) is 4.98 Å². The maximum atomic E-state index is 12.5. The summed E-state index contributed by atoms with van der Waals surface area (Å²) >= 11 is 1.32. The molecular weight excluding hydrogens is 334 g/mol. The van der Waals surface area contributed by atoms with E-state index in [9.17, 15) is 4.79 Å². The number of nitrogens with zero attached hydrogens (tertiary/aromatic N) is 1. The number of carbonyl (C=O) groups excluding carboxylic acids is 1. The highest BCUT2D eigenvalue weighted by Gasteiger charge is 2.15. The molecule has 1 aromatic heterocycles. The van der Waals surface area contributed by atoms with Crippen LogP contribution in [0.25, 0.3) is 0 Å². The van der Waals surface area contributed by atoms with E-state index in [0.29, 0.717) is 15.7 Å². The van der Waals surface area contributed by atoms with Gasteiger partial charge in [0.1, 0.15) is 10.6 Å². The van der Waals surface area contributed by atoms with Crippen LogP contribution in [0, 0.1) is 13.8 Å². The Bertz CT molecular complexity index is 888. The molecular formula is C19H19N3O2S. The Kier molecular flexibility index (Phi) is 5.00. The van der Waals surface area contributed by atoms with Crippen molar-refractivity contribution in [2.24, 2.45) is 0 Å². The molecule has 0 unspecified atom stereocenters. The number of nitrogens with one attached hydrogen (secondary N) is 2. The van der Waals surface area contributed by atoms with E-state index in [1.165, 1.54) is 11.3 Å². The number of ether oxygens (including phenoxy) is 1. The van der Waals surface area contributed by atoms with Gasteiger partial charge < -0.3 is 15.4 Å². The third-order valence-corrected chi connectivity index (χ3v) is 4.70. The summed E-state index contributed by atoms with van der Waals surface area (Å²) in [6.07, 6.45) is 0. The number of benzene rings is 2. The lowest BCUT2D eigenvalue weighted by Gasteiger charge is -2.05. The zero-order chi connectivity index (χ0) is 17.8. The number of methoxy groups -OCH3 is 1. The van der Waals surface area contributed by atoms with Crippen LogP contribution < -0.4 is 15.4 Å². The van der Waals surface area contributed by atoms with Gasteiger partial charge in [0, 0.05) is 17.4 Å².